The third-order valence-corrected chi connectivity index (χ3v) is 5.09. The maximum atomic E-state index is 13.5. The van der Waals surface area contributed by atoms with Gasteiger partial charge in [0.15, 0.2) is 0 Å². The molecule has 1 heterocycles. The van der Waals surface area contributed by atoms with Gasteiger partial charge in [-0.2, -0.15) is 0 Å². The Balaban J connectivity index is 1.79. The first kappa shape index (κ1) is 17.4. The molecule has 0 spiro atoms. The SMILES string of the molecule is O=C1NCCOCCCN(Cc2cccc(F)c2)[C@H]2CCCC[C@@H]12. The van der Waals surface area contributed by atoms with E-state index in [4.69, 9.17) is 4.74 Å². The highest BCUT2D eigenvalue weighted by atomic mass is 19.1. The molecule has 2 aliphatic rings. The molecule has 1 aromatic carbocycles. The number of carbonyl (C=O) groups is 1. The van der Waals surface area contributed by atoms with Crippen LogP contribution in [0.4, 0.5) is 4.39 Å². The standard InChI is InChI=1S/C19H27FN2O2/c20-16-6-3-5-15(13-16)14-22-10-4-11-24-12-9-21-19(23)17-7-1-2-8-18(17)22/h3,5-6,13,17-18H,1-2,4,7-12,14H2,(H,21,23)/t17-,18+/m1/s1. The fraction of sp³-hybridized carbons (Fsp3) is 0.632. The van der Waals surface area contributed by atoms with E-state index in [-0.39, 0.29) is 23.7 Å². The maximum Gasteiger partial charge on any atom is 0.224 e. The van der Waals surface area contributed by atoms with E-state index >= 15 is 0 Å². The van der Waals surface area contributed by atoms with Gasteiger partial charge in [0.2, 0.25) is 5.91 Å². The van der Waals surface area contributed by atoms with Crippen LogP contribution in [-0.2, 0) is 16.1 Å². The minimum absolute atomic E-state index is 0.0328. The molecule has 1 N–H and O–H groups in total. The quantitative estimate of drug-likeness (QED) is 0.904. The molecule has 1 aliphatic heterocycles. The van der Waals surface area contributed by atoms with Crippen molar-refractivity contribution in [2.45, 2.75) is 44.7 Å². The van der Waals surface area contributed by atoms with Crippen LogP contribution in [0.3, 0.4) is 0 Å². The molecule has 1 aromatic rings. The molecule has 2 fully saturated rings. The van der Waals surface area contributed by atoms with Crippen LogP contribution in [0.15, 0.2) is 24.3 Å². The lowest BCUT2D eigenvalue weighted by Crippen LogP contribution is -2.48. The number of halogens is 1. The van der Waals surface area contributed by atoms with Crippen molar-refractivity contribution in [3.8, 4) is 0 Å². The first-order valence-electron chi connectivity index (χ1n) is 9.08. The largest absolute Gasteiger partial charge is 0.380 e. The highest BCUT2D eigenvalue weighted by molar-refractivity contribution is 5.79. The van der Waals surface area contributed by atoms with Gasteiger partial charge in [0.05, 0.1) is 12.5 Å². The van der Waals surface area contributed by atoms with E-state index in [0.717, 1.165) is 44.2 Å². The number of fused-ring (bicyclic) bond motifs is 1. The van der Waals surface area contributed by atoms with E-state index in [1.165, 1.54) is 6.07 Å². The molecule has 4 nitrogen and oxygen atoms in total. The maximum absolute atomic E-state index is 13.5. The molecule has 0 bridgehead atoms. The highest BCUT2D eigenvalue weighted by Gasteiger charge is 2.34. The lowest BCUT2D eigenvalue weighted by molar-refractivity contribution is -0.128. The summed E-state index contributed by atoms with van der Waals surface area (Å²) in [4.78, 5) is 14.9. The van der Waals surface area contributed by atoms with Crippen LogP contribution < -0.4 is 5.32 Å². The average Bonchev–Trinajstić information content (AvgIpc) is 2.62. The number of rotatable bonds is 2. The van der Waals surface area contributed by atoms with Crippen molar-refractivity contribution in [2.24, 2.45) is 5.92 Å². The van der Waals surface area contributed by atoms with Crippen LogP contribution in [0.2, 0.25) is 0 Å². The van der Waals surface area contributed by atoms with E-state index in [2.05, 4.69) is 10.2 Å². The highest BCUT2D eigenvalue weighted by Crippen LogP contribution is 2.30. The van der Waals surface area contributed by atoms with Gasteiger partial charge in [-0.3, -0.25) is 9.69 Å². The van der Waals surface area contributed by atoms with Gasteiger partial charge in [-0.15, -0.1) is 0 Å². The van der Waals surface area contributed by atoms with E-state index in [9.17, 15) is 9.18 Å². The smallest absolute Gasteiger partial charge is 0.224 e. The second kappa shape index (κ2) is 8.58. The second-order valence-electron chi connectivity index (χ2n) is 6.82. The monoisotopic (exact) mass is 334 g/mol. The number of carbonyl (C=O) groups excluding carboxylic acids is 1. The Bertz CT molecular complexity index is 552. The molecule has 0 radical (unpaired) electrons. The summed E-state index contributed by atoms with van der Waals surface area (Å²) in [6, 6.07) is 7.02. The Labute approximate surface area is 143 Å². The fourth-order valence-corrected chi connectivity index (χ4v) is 3.94. The normalized spacial score (nSPS) is 27.0. The Morgan fingerprint density at radius 3 is 2.96 bits per heavy atom. The van der Waals surface area contributed by atoms with E-state index in [1.807, 2.05) is 6.07 Å². The zero-order chi connectivity index (χ0) is 16.8. The van der Waals surface area contributed by atoms with Crippen LogP contribution in [0.1, 0.15) is 37.7 Å². The molecule has 2 atom stereocenters. The van der Waals surface area contributed by atoms with Gasteiger partial charge in [0.25, 0.3) is 0 Å². The van der Waals surface area contributed by atoms with Crippen molar-refractivity contribution in [1.29, 1.82) is 0 Å². The summed E-state index contributed by atoms with van der Waals surface area (Å²) in [6.07, 6.45) is 5.18. The summed E-state index contributed by atoms with van der Waals surface area (Å²) >= 11 is 0. The number of ether oxygens (including phenoxy) is 1. The minimum atomic E-state index is -0.202. The average molecular weight is 334 g/mol. The Kier molecular flexibility index (Phi) is 6.21. The molecule has 24 heavy (non-hydrogen) atoms. The van der Waals surface area contributed by atoms with Crippen LogP contribution >= 0.6 is 0 Å². The lowest BCUT2D eigenvalue weighted by atomic mass is 9.82. The fourth-order valence-electron chi connectivity index (χ4n) is 3.94. The second-order valence-corrected chi connectivity index (χ2v) is 6.82. The summed E-state index contributed by atoms with van der Waals surface area (Å²) in [5.41, 5.74) is 0.968. The van der Waals surface area contributed by atoms with E-state index in [0.29, 0.717) is 26.3 Å². The Morgan fingerprint density at radius 2 is 2.08 bits per heavy atom. The lowest BCUT2D eigenvalue weighted by Gasteiger charge is -2.39. The molecule has 5 heteroatoms. The van der Waals surface area contributed by atoms with Crippen LogP contribution in [0, 0.1) is 11.7 Å². The van der Waals surface area contributed by atoms with Gasteiger partial charge in [-0.05, 0) is 37.0 Å². The topological polar surface area (TPSA) is 41.6 Å². The Hall–Kier alpha value is -1.46. The third-order valence-electron chi connectivity index (χ3n) is 5.09. The van der Waals surface area contributed by atoms with Gasteiger partial charge in [0, 0.05) is 32.3 Å². The minimum Gasteiger partial charge on any atom is -0.380 e. The van der Waals surface area contributed by atoms with Crippen molar-refractivity contribution >= 4 is 5.91 Å². The predicted octanol–water partition coefficient (Wildman–Crippen LogP) is 2.72. The van der Waals surface area contributed by atoms with Crippen molar-refractivity contribution in [3.05, 3.63) is 35.6 Å². The number of nitrogens with one attached hydrogen (secondary N) is 1. The number of hydrogen-bond donors (Lipinski definition) is 1. The number of nitrogens with zero attached hydrogens (tertiary/aromatic N) is 1. The Morgan fingerprint density at radius 1 is 1.21 bits per heavy atom. The van der Waals surface area contributed by atoms with Crippen LogP contribution in [-0.4, -0.2) is 43.2 Å². The summed E-state index contributed by atoms with van der Waals surface area (Å²) in [5, 5.41) is 3.02. The van der Waals surface area contributed by atoms with Gasteiger partial charge < -0.3 is 10.1 Å². The van der Waals surface area contributed by atoms with Crippen LogP contribution in [0.5, 0.6) is 0 Å². The summed E-state index contributed by atoms with van der Waals surface area (Å²) < 4.78 is 19.1. The van der Waals surface area contributed by atoms with Crippen molar-refractivity contribution < 1.29 is 13.9 Å². The molecular formula is C19H27FN2O2. The van der Waals surface area contributed by atoms with Crippen molar-refractivity contribution in [1.82, 2.24) is 10.2 Å². The predicted molar refractivity (Wildman–Crippen MR) is 91.0 cm³/mol. The summed E-state index contributed by atoms with van der Waals surface area (Å²) in [7, 11) is 0. The molecule has 1 aliphatic carbocycles. The number of amides is 1. The van der Waals surface area contributed by atoms with Gasteiger partial charge in [0.1, 0.15) is 5.82 Å². The number of benzene rings is 1. The molecular weight excluding hydrogens is 307 g/mol. The van der Waals surface area contributed by atoms with Crippen molar-refractivity contribution in [3.63, 3.8) is 0 Å². The molecule has 1 saturated heterocycles. The molecule has 1 saturated carbocycles. The molecule has 0 unspecified atom stereocenters. The molecule has 0 aromatic heterocycles. The molecule has 3 rings (SSSR count). The molecule has 132 valence electrons. The van der Waals surface area contributed by atoms with Gasteiger partial charge in [-0.25, -0.2) is 4.39 Å². The zero-order valence-electron chi connectivity index (χ0n) is 14.2. The zero-order valence-corrected chi connectivity index (χ0v) is 14.2. The molecule has 1 amide bonds. The van der Waals surface area contributed by atoms with E-state index in [1.54, 1.807) is 12.1 Å². The van der Waals surface area contributed by atoms with E-state index < -0.39 is 0 Å². The van der Waals surface area contributed by atoms with Gasteiger partial charge in [-0.1, -0.05) is 25.0 Å². The van der Waals surface area contributed by atoms with Crippen molar-refractivity contribution in [2.75, 3.05) is 26.3 Å². The first-order chi connectivity index (χ1) is 11.7. The summed E-state index contributed by atoms with van der Waals surface area (Å²) in [6.45, 7) is 3.43. The number of hydrogen-bond acceptors (Lipinski definition) is 3. The van der Waals surface area contributed by atoms with Gasteiger partial charge >= 0.3 is 0 Å². The summed E-state index contributed by atoms with van der Waals surface area (Å²) in [5.74, 6) is -0.0218. The van der Waals surface area contributed by atoms with Crippen LogP contribution in [0.25, 0.3) is 0 Å². The third kappa shape index (κ3) is 4.54. The first-order valence-corrected chi connectivity index (χ1v) is 9.08.